The van der Waals surface area contributed by atoms with E-state index in [1.165, 1.54) is 5.56 Å². The van der Waals surface area contributed by atoms with Crippen LogP contribution < -0.4 is 11.1 Å². The third-order valence-electron chi connectivity index (χ3n) is 3.17. The maximum Gasteiger partial charge on any atom is 0.273 e. The Morgan fingerprint density at radius 2 is 2.00 bits per heavy atom. The van der Waals surface area contributed by atoms with Crippen molar-refractivity contribution in [3.8, 4) is 0 Å². The van der Waals surface area contributed by atoms with Crippen molar-refractivity contribution in [1.29, 1.82) is 0 Å². The Balaban J connectivity index is 1.84. The topological polar surface area (TPSA) is 101 Å². The van der Waals surface area contributed by atoms with Crippen molar-refractivity contribution < 1.29 is 14.1 Å². The molecule has 0 bridgehead atoms. The molecule has 3 N–H and O–H groups in total. The highest BCUT2D eigenvalue weighted by molar-refractivity contribution is 5.92. The highest BCUT2D eigenvalue weighted by Crippen LogP contribution is 2.09. The number of nitrogens with zero attached hydrogens (tertiary/aromatic N) is 2. The fourth-order valence-corrected chi connectivity index (χ4v) is 2.10. The SMILES string of the molecule is CN(Cc1ccccc1)Cc1cc(C(=O)NCCC(N)=O)no1. The molecule has 0 fully saturated rings. The molecule has 23 heavy (non-hydrogen) atoms. The molecule has 0 saturated carbocycles. The molecule has 0 aliphatic rings. The number of rotatable bonds is 8. The normalized spacial score (nSPS) is 10.7. The minimum absolute atomic E-state index is 0.0935. The summed E-state index contributed by atoms with van der Waals surface area (Å²) in [6.07, 6.45) is 0.0935. The van der Waals surface area contributed by atoms with Crippen LogP contribution in [0.3, 0.4) is 0 Å². The second kappa shape index (κ2) is 8.09. The van der Waals surface area contributed by atoms with E-state index in [0.717, 1.165) is 6.54 Å². The third kappa shape index (κ3) is 5.55. The molecule has 122 valence electrons. The Labute approximate surface area is 134 Å². The standard InChI is InChI=1S/C16H20N4O3/c1-20(10-12-5-3-2-4-6-12)11-13-9-14(19-23-13)16(22)18-8-7-15(17)21/h2-6,9H,7-8,10-11H2,1H3,(H2,17,21)(H,18,22). The van der Waals surface area contributed by atoms with Gasteiger partial charge in [-0.1, -0.05) is 35.5 Å². The Morgan fingerprint density at radius 1 is 1.26 bits per heavy atom. The van der Waals surface area contributed by atoms with Gasteiger partial charge in [0.1, 0.15) is 0 Å². The summed E-state index contributed by atoms with van der Waals surface area (Å²) in [5, 5.41) is 6.30. The maximum absolute atomic E-state index is 11.8. The van der Waals surface area contributed by atoms with Gasteiger partial charge >= 0.3 is 0 Å². The summed E-state index contributed by atoms with van der Waals surface area (Å²) in [5.74, 6) is -0.246. The number of carbonyl (C=O) groups is 2. The fourth-order valence-electron chi connectivity index (χ4n) is 2.10. The van der Waals surface area contributed by atoms with Crippen molar-refractivity contribution in [2.45, 2.75) is 19.5 Å². The lowest BCUT2D eigenvalue weighted by molar-refractivity contribution is -0.117. The predicted molar refractivity (Wildman–Crippen MR) is 84.3 cm³/mol. The molecular weight excluding hydrogens is 296 g/mol. The number of hydrogen-bond donors (Lipinski definition) is 2. The van der Waals surface area contributed by atoms with Gasteiger partial charge in [0.2, 0.25) is 5.91 Å². The van der Waals surface area contributed by atoms with Gasteiger partial charge in [0.15, 0.2) is 11.5 Å². The summed E-state index contributed by atoms with van der Waals surface area (Å²) < 4.78 is 5.18. The number of nitrogens with two attached hydrogens (primary N) is 1. The van der Waals surface area contributed by atoms with Crippen molar-refractivity contribution >= 4 is 11.8 Å². The molecule has 0 atom stereocenters. The molecule has 0 aliphatic heterocycles. The van der Waals surface area contributed by atoms with Gasteiger partial charge in [0.25, 0.3) is 5.91 Å². The molecule has 1 aromatic carbocycles. The van der Waals surface area contributed by atoms with Crippen LogP contribution in [0.15, 0.2) is 40.9 Å². The monoisotopic (exact) mass is 316 g/mol. The van der Waals surface area contributed by atoms with Gasteiger partial charge in [-0.2, -0.15) is 0 Å². The van der Waals surface area contributed by atoms with Crippen LogP contribution in [0.1, 0.15) is 28.2 Å². The van der Waals surface area contributed by atoms with Crippen LogP contribution in [-0.2, 0) is 17.9 Å². The van der Waals surface area contributed by atoms with Crippen molar-refractivity contribution in [2.24, 2.45) is 5.73 Å². The lowest BCUT2D eigenvalue weighted by atomic mass is 10.2. The molecule has 0 saturated heterocycles. The van der Waals surface area contributed by atoms with Crippen LogP contribution in [0.5, 0.6) is 0 Å². The first kappa shape index (κ1) is 16.7. The molecule has 2 aromatic rings. The van der Waals surface area contributed by atoms with Gasteiger partial charge in [-0.05, 0) is 12.6 Å². The first-order valence-electron chi connectivity index (χ1n) is 7.29. The number of nitrogens with one attached hydrogen (secondary N) is 1. The Hall–Kier alpha value is -2.67. The lowest BCUT2D eigenvalue weighted by Crippen LogP contribution is -2.28. The molecule has 0 unspecified atom stereocenters. The van der Waals surface area contributed by atoms with E-state index in [2.05, 4.69) is 27.5 Å². The van der Waals surface area contributed by atoms with Crippen LogP contribution in [0.25, 0.3) is 0 Å². The number of primary amides is 1. The van der Waals surface area contributed by atoms with E-state index < -0.39 is 5.91 Å². The van der Waals surface area contributed by atoms with Crippen LogP contribution in [0, 0.1) is 0 Å². The van der Waals surface area contributed by atoms with E-state index in [4.69, 9.17) is 10.3 Å². The number of aromatic nitrogens is 1. The van der Waals surface area contributed by atoms with Crippen LogP contribution >= 0.6 is 0 Å². The van der Waals surface area contributed by atoms with Crippen molar-refractivity contribution in [1.82, 2.24) is 15.4 Å². The highest BCUT2D eigenvalue weighted by atomic mass is 16.5. The Kier molecular flexibility index (Phi) is 5.87. The fraction of sp³-hybridized carbons (Fsp3) is 0.312. The van der Waals surface area contributed by atoms with Crippen LogP contribution in [0.2, 0.25) is 0 Å². The molecule has 1 heterocycles. The zero-order valence-corrected chi connectivity index (χ0v) is 13.0. The molecule has 1 aromatic heterocycles. The molecule has 7 nitrogen and oxygen atoms in total. The molecule has 0 radical (unpaired) electrons. The summed E-state index contributed by atoms with van der Waals surface area (Å²) >= 11 is 0. The summed E-state index contributed by atoms with van der Waals surface area (Å²) in [6, 6.07) is 11.7. The van der Waals surface area contributed by atoms with E-state index in [1.54, 1.807) is 6.07 Å². The van der Waals surface area contributed by atoms with Gasteiger partial charge in [0, 0.05) is 25.6 Å². The van der Waals surface area contributed by atoms with Gasteiger partial charge < -0.3 is 15.6 Å². The minimum Gasteiger partial charge on any atom is -0.370 e. The molecule has 2 rings (SSSR count). The average molecular weight is 316 g/mol. The van der Waals surface area contributed by atoms with Crippen molar-refractivity contribution in [3.05, 3.63) is 53.4 Å². The summed E-state index contributed by atoms with van der Waals surface area (Å²) in [4.78, 5) is 24.5. The number of hydrogen-bond acceptors (Lipinski definition) is 5. The van der Waals surface area contributed by atoms with Crippen LogP contribution in [0.4, 0.5) is 0 Å². The third-order valence-corrected chi connectivity index (χ3v) is 3.17. The van der Waals surface area contributed by atoms with Gasteiger partial charge in [0.05, 0.1) is 6.54 Å². The second-order valence-corrected chi connectivity index (χ2v) is 5.31. The van der Waals surface area contributed by atoms with Gasteiger partial charge in [-0.15, -0.1) is 0 Å². The molecule has 2 amide bonds. The highest BCUT2D eigenvalue weighted by Gasteiger charge is 2.13. The van der Waals surface area contributed by atoms with E-state index in [0.29, 0.717) is 12.3 Å². The number of amides is 2. The van der Waals surface area contributed by atoms with Crippen LogP contribution in [-0.4, -0.2) is 35.5 Å². The number of carbonyl (C=O) groups excluding carboxylic acids is 2. The van der Waals surface area contributed by atoms with E-state index in [1.807, 2.05) is 25.2 Å². The first-order valence-corrected chi connectivity index (χ1v) is 7.29. The summed E-state index contributed by atoms with van der Waals surface area (Å²) in [7, 11) is 1.96. The quantitative estimate of drug-likeness (QED) is 0.754. The summed E-state index contributed by atoms with van der Waals surface area (Å²) in [6.45, 7) is 1.49. The Bertz CT molecular complexity index is 654. The van der Waals surface area contributed by atoms with E-state index in [9.17, 15) is 9.59 Å². The lowest BCUT2D eigenvalue weighted by Gasteiger charge is -2.14. The van der Waals surface area contributed by atoms with Crippen molar-refractivity contribution in [2.75, 3.05) is 13.6 Å². The maximum atomic E-state index is 11.8. The molecule has 0 aliphatic carbocycles. The zero-order chi connectivity index (χ0) is 16.7. The molecule has 7 heteroatoms. The average Bonchev–Trinajstić information content (AvgIpc) is 2.96. The van der Waals surface area contributed by atoms with E-state index >= 15 is 0 Å². The second-order valence-electron chi connectivity index (χ2n) is 5.31. The summed E-state index contributed by atoms with van der Waals surface area (Å²) in [5.41, 5.74) is 6.40. The predicted octanol–water partition coefficient (Wildman–Crippen LogP) is 0.912. The van der Waals surface area contributed by atoms with Gasteiger partial charge in [-0.25, -0.2) is 0 Å². The molecule has 0 spiro atoms. The zero-order valence-electron chi connectivity index (χ0n) is 13.0. The van der Waals surface area contributed by atoms with E-state index in [-0.39, 0.29) is 24.6 Å². The Morgan fingerprint density at radius 3 is 2.70 bits per heavy atom. The smallest absolute Gasteiger partial charge is 0.273 e. The van der Waals surface area contributed by atoms with Crippen molar-refractivity contribution in [3.63, 3.8) is 0 Å². The van der Waals surface area contributed by atoms with Gasteiger partial charge in [-0.3, -0.25) is 14.5 Å². The minimum atomic E-state index is -0.464. The molecular formula is C16H20N4O3. The number of benzene rings is 1. The largest absolute Gasteiger partial charge is 0.370 e. The first-order chi connectivity index (χ1) is 11.0.